The number of nitrogens with two attached hydrogens (primary N) is 3. The van der Waals surface area contributed by atoms with Crippen LogP contribution in [0.25, 0.3) is 0 Å². The average Bonchev–Trinajstić information content (AvgIpc) is 3.46. The van der Waals surface area contributed by atoms with Gasteiger partial charge in [0.2, 0.25) is 6.23 Å². The van der Waals surface area contributed by atoms with Crippen LogP contribution in [0, 0.1) is 16.7 Å². The van der Waals surface area contributed by atoms with Gasteiger partial charge < -0.3 is 99.9 Å². The van der Waals surface area contributed by atoms with Crippen LogP contribution in [0.4, 0.5) is 0 Å². The number of carbonyl (C=O) groups is 1. The van der Waals surface area contributed by atoms with Crippen molar-refractivity contribution in [1.82, 2.24) is 0 Å². The number of aliphatic hydroxyl groups is 5. The molecule has 5 saturated heterocycles. The third-order valence-corrected chi connectivity index (χ3v) is 15.7. The Labute approximate surface area is 461 Å². The van der Waals surface area contributed by atoms with Crippen molar-refractivity contribution < 1.29 is 156 Å². The first-order chi connectivity index (χ1) is 37.6. The molecule has 0 radical (unpaired) electrons. The maximum absolute atomic E-state index is 13.1. The Bertz CT molecular complexity index is 2540. The molecular formula is C38H66N4O35S4. The zero-order chi connectivity index (χ0) is 60.3. The molecule has 0 aromatic rings. The Kier molecular flexibility index (Phi) is 23.5. The zero-order valence-electron chi connectivity index (χ0n) is 42.4. The highest BCUT2D eigenvalue weighted by Gasteiger charge is 2.59. The fourth-order valence-corrected chi connectivity index (χ4v) is 11.2. The number of nitroso groups, excluding NO2 is 1. The molecule has 0 aromatic carbocycles. The number of aliphatic hydroxyl groups excluding tert-OH is 5. The Morgan fingerprint density at radius 2 is 1.01 bits per heavy atom. The van der Waals surface area contributed by atoms with E-state index in [1.54, 1.807) is 0 Å². The summed E-state index contributed by atoms with van der Waals surface area (Å²) in [5.74, 6) is -3.34. The van der Waals surface area contributed by atoms with Gasteiger partial charge in [0, 0.05) is 13.0 Å². The van der Waals surface area contributed by atoms with E-state index in [-0.39, 0.29) is 12.5 Å². The molecule has 1 saturated carbocycles. The van der Waals surface area contributed by atoms with Crippen LogP contribution in [-0.2, 0) is 115 Å². The van der Waals surface area contributed by atoms with Gasteiger partial charge in [0.15, 0.2) is 43.7 Å². The quantitative estimate of drug-likeness (QED) is 0.0298. The van der Waals surface area contributed by atoms with Gasteiger partial charge >= 0.3 is 47.6 Å². The van der Waals surface area contributed by atoms with Crippen molar-refractivity contribution in [2.24, 2.45) is 34.2 Å². The van der Waals surface area contributed by atoms with E-state index in [4.69, 9.17) is 73.9 Å². The lowest BCUT2D eigenvalue weighted by molar-refractivity contribution is -0.373. The SMILES string of the molecule is CO[C@H]1OC(COS(=O)(=O)O)[C@@H](O[C@@H]2O[C@@H](N=O)[C@@H](O[C@H]3OC(COS(=O)(=O)O)[C@@H](O[C@@H]4OC(C(=O)O)[C@@H](O[C@H]5OC(COS(=O)(=O)O)[C@@H](O)[C@H](O)C5N)[C@H](OCC5CCCCC5)C4O)[C@H](C)C3N)C(O)C2OS(=O)(=O)O)[C@H](O)C1N. The molecule has 1 aliphatic carbocycles. The van der Waals surface area contributed by atoms with E-state index in [0.717, 1.165) is 26.4 Å². The maximum atomic E-state index is 13.1. The molecule has 6 fully saturated rings. The first-order valence-electron chi connectivity index (χ1n) is 24.4. The Morgan fingerprint density at radius 3 is 1.56 bits per heavy atom. The predicted molar refractivity (Wildman–Crippen MR) is 252 cm³/mol. The summed E-state index contributed by atoms with van der Waals surface area (Å²) < 4.78 is 212. The normalized spacial score (nSPS) is 42.5. The average molecular weight is 1270 g/mol. The van der Waals surface area contributed by atoms with Gasteiger partial charge in [0.1, 0.15) is 73.2 Å². The largest absolute Gasteiger partial charge is 0.479 e. The second-order valence-corrected chi connectivity index (χ2v) is 23.8. The summed E-state index contributed by atoms with van der Waals surface area (Å²) in [4.78, 5) is 25.5. The third kappa shape index (κ3) is 17.9. The molecule has 0 spiro atoms. The van der Waals surface area contributed by atoms with E-state index in [9.17, 15) is 87.7 Å². The molecule has 5 aliphatic heterocycles. The fraction of sp³-hybridized carbons (Fsp3) is 0.974. The number of aliphatic carboxylic acids is 1. The van der Waals surface area contributed by atoms with Gasteiger partial charge in [0.05, 0.1) is 50.7 Å². The van der Waals surface area contributed by atoms with Gasteiger partial charge in [-0.05, 0) is 23.9 Å². The molecule has 6 aliphatic rings. The minimum absolute atomic E-state index is 0.148. The minimum Gasteiger partial charge on any atom is -0.479 e. The first-order valence-corrected chi connectivity index (χ1v) is 29.8. The molecule has 5 heterocycles. The minimum atomic E-state index is -5.69. The number of ether oxygens (including phenoxy) is 11. The molecule has 16 N–H and O–H groups in total. The molecular weight excluding hydrogens is 1200 g/mol. The van der Waals surface area contributed by atoms with Gasteiger partial charge in [0.25, 0.3) is 0 Å². The Hall–Kier alpha value is -2.21. The summed E-state index contributed by atoms with van der Waals surface area (Å²) in [5, 5.41) is 69.5. The van der Waals surface area contributed by atoms with Crippen LogP contribution >= 0.6 is 0 Å². The van der Waals surface area contributed by atoms with Crippen LogP contribution in [0.2, 0.25) is 0 Å². The van der Waals surface area contributed by atoms with Crippen LogP contribution in [0.5, 0.6) is 0 Å². The lowest BCUT2D eigenvalue weighted by Crippen LogP contribution is -2.69. The van der Waals surface area contributed by atoms with Crippen molar-refractivity contribution >= 4 is 47.6 Å². The number of hydrogen-bond donors (Lipinski definition) is 13. The second-order valence-electron chi connectivity index (χ2n) is 19.5. The highest BCUT2D eigenvalue weighted by atomic mass is 32.3. The monoisotopic (exact) mass is 1270 g/mol. The molecule has 10 unspecified atom stereocenters. The van der Waals surface area contributed by atoms with E-state index in [2.05, 4.69) is 21.9 Å². The van der Waals surface area contributed by atoms with Crippen molar-refractivity contribution in [1.29, 1.82) is 0 Å². The van der Waals surface area contributed by atoms with E-state index < -0.39 is 221 Å². The lowest BCUT2D eigenvalue weighted by Gasteiger charge is -2.50. The van der Waals surface area contributed by atoms with Gasteiger partial charge in [-0.1, -0.05) is 26.2 Å². The van der Waals surface area contributed by atoms with Gasteiger partial charge in [-0.25, -0.2) is 21.5 Å². The lowest BCUT2D eigenvalue weighted by atomic mass is 9.88. The highest BCUT2D eigenvalue weighted by Crippen LogP contribution is 2.39. The molecule has 39 nitrogen and oxygen atoms in total. The summed E-state index contributed by atoms with van der Waals surface area (Å²) in [6, 6.07) is -4.95. The van der Waals surface area contributed by atoms with E-state index >= 15 is 0 Å². The molecule has 0 aromatic heterocycles. The molecule has 6 rings (SSSR count). The topological polar surface area (TPSA) is 602 Å². The molecule has 472 valence electrons. The van der Waals surface area contributed by atoms with Crippen molar-refractivity contribution in [3.8, 4) is 0 Å². The summed E-state index contributed by atoms with van der Waals surface area (Å²) in [7, 11) is -20.4. The number of carboxylic acid groups (broad SMARTS) is 1. The van der Waals surface area contributed by atoms with Crippen molar-refractivity contribution in [2.75, 3.05) is 33.5 Å². The third-order valence-electron chi connectivity index (χ3n) is 14.0. The van der Waals surface area contributed by atoms with Gasteiger partial charge in [-0.15, -0.1) is 4.91 Å². The van der Waals surface area contributed by atoms with E-state index in [1.807, 2.05) is 0 Å². The van der Waals surface area contributed by atoms with Crippen LogP contribution in [-0.4, -0.2) is 269 Å². The summed E-state index contributed by atoms with van der Waals surface area (Å²) in [5.41, 5.74) is 18.6. The highest BCUT2D eigenvalue weighted by molar-refractivity contribution is 7.81. The number of rotatable bonds is 25. The van der Waals surface area contributed by atoms with Crippen molar-refractivity contribution in [3.05, 3.63) is 4.91 Å². The van der Waals surface area contributed by atoms with Crippen LogP contribution in [0.1, 0.15) is 39.0 Å². The molecule has 81 heavy (non-hydrogen) atoms. The van der Waals surface area contributed by atoms with Gasteiger partial charge in [-0.3, -0.25) is 18.2 Å². The fourth-order valence-electron chi connectivity index (χ4n) is 9.83. The summed E-state index contributed by atoms with van der Waals surface area (Å²) in [6.45, 7) is -2.43. The predicted octanol–water partition coefficient (Wildman–Crippen LogP) is -7.36. The maximum Gasteiger partial charge on any atom is 0.397 e. The molecule has 0 bridgehead atoms. The van der Waals surface area contributed by atoms with Crippen molar-refractivity contribution in [3.63, 3.8) is 0 Å². The number of hydrogen-bond acceptors (Lipinski definition) is 34. The number of methoxy groups -OCH3 is 1. The summed E-state index contributed by atoms with van der Waals surface area (Å²) in [6.07, 6.45) is -39.8. The number of carboxylic acids is 1. The van der Waals surface area contributed by atoms with Crippen molar-refractivity contribution in [2.45, 2.75) is 186 Å². The van der Waals surface area contributed by atoms with E-state index in [0.29, 0.717) is 12.8 Å². The Balaban J connectivity index is 1.27. The van der Waals surface area contributed by atoms with Crippen LogP contribution in [0.3, 0.4) is 0 Å². The zero-order valence-corrected chi connectivity index (χ0v) is 45.6. The van der Waals surface area contributed by atoms with Crippen LogP contribution < -0.4 is 17.2 Å². The molecule has 25 atom stereocenters. The molecule has 43 heteroatoms. The molecule has 0 amide bonds. The van der Waals surface area contributed by atoms with Crippen LogP contribution in [0.15, 0.2) is 5.18 Å². The first kappa shape index (κ1) is 67.9. The second kappa shape index (κ2) is 28.1. The Morgan fingerprint density at radius 1 is 0.519 bits per heavy atom. The van der Waals surface area contributed by atoms with E-state index in [1.165, 1.54) is 6.92 Å². The summed E-state index contributed by atoms with van der Waals surface area (Å²) >= 11 is 0. The standard InChI is InChI=1S/C38H66N4O35S4/c1-12-17(39)35(73-28-23(46)29(77-81(60,61)62)38(76-32(28)42-50)72-26-16(11-67-80(57,58)59)69-34(63-2)19(41)22(26)45)70-15(10-66-79(54,55)56)25(12)71-37-24(47)27(64-8-13-6-4-3-5-7-13)30(31(75-37)33(48)49)74-36-18(40)21(44)20(43)14(68-36)9-65-78(51,52)53/h12-32,34-38,43-47H,3-11,39-41H2,1-2H3,(H,48,49)(H,51,52,53)(H,54,55,56)(H,57,58,59)(H,60,61,62)/t12-,14?,15?,16?,17?,18?,19?,20-,21-,22-,23?,24?,25+,26-,27-,28+,29?,30+,31?,32-,34+,35-,36-,37-,38-/m1/s1. The number of nitrogens with zero attached hydrogens (tertiary/aromatic N) is 1. The smallest absolute Gasteiger partial charge is 0.397 e. The van der Waals surface area contributed by atoms with Gasteiger partial charge in [-0.2, -0.15) is 33.7 Å².